The molecule has 0 aliphatic carbocycles. The van der Waals surface area contributed by atoms with E-state index < -0.39 is 11.9 Å². The lowest BCUT2D eigenvalue weighted by atomic mass is 10.3. The molecular formula is C5H4N2O3. The van der Waals surface area contributed by atoms with E-state index >= 15 is 0 Å². The zero-order chi connectivity index (χ0) is 7.56. The summed E-state index contributed by atoms with van der Waals surface area (Å²) in [6.07, 6.45) is 1.08. The third kappa shape index (κ3) is 0.928. The van der Waals surface area contributed by atoms with E-state index in [0.717, 1.165) is 6.20 Å². The molecule has 1 aliphatic heterocycles. The summed E-state index contributed by atoms with van der Waals surface area (Å²) in [5.41, 5.74) is -0.123. The fourth-order valence-corrected chi connectivity index (χ4v) is 0.498. The molecule has 1 aliphatic rings. The summed E-state index contributed by atoms with van der Waals surface area (Å²) >= 11 is 0. The summed E-state index contributed by atoms with van der Waals surface area (Å²) in [7, 11) is 1.19. The van der Waals surface area contributed by atoms with Crippen molar-refractivity contribution < 1.29 is 14.3 Å². The van der Waals surface area contributed by atoms with E-state index in [4.69, 9.17) is 0 Å². The summed E-state index contributed by atoms with van der Waals surface area (Å²) < 4.78 is 4.26. The number of carbonyl (C=O) groups is 2. The molecule has 10 heavy (non-hydrogen) atoms. The van der Waals surface area contributed by atoms with E-state index in [1.165, 1.54) is 7.11 Å². The van der Waals surface area contributed by atoms with E-state index in [1.807, 2.05) is 0 Å². The first-order valence-corrected chi connectivity index (χ1v) is 2.49. The molecule has 0 unspecified atom stereocenters. The zero-order valence-electron chi connectivity index (χ0n) is 5.20. The minimum Gasteiger partial charge on any atom is -0.465 e. The number of hydrogen-bond acceptors (Lipinski definition) is 4. The van der Waals surface area contributed by atoms with Crippen molar-refractivity contribution in [1.82, 2.24) is 0 Å². The van der Waals surface area contributed by atoms with Gasteiger partial charge in [0.05, 0.1) is 13.3 Å². The Kier molecular flexibility index (Phi) is 1.57. The van der Waals surface area contributed by atoms with Gasteiger partial charge in [0, 0.05) is 0 Å². The summed E-state index contributed by atoms with van der Waals surface area (Å²) in [4.78, 5) is 21.1. The highest BCUT2D eigenvalue weighted by Gasteiger charge is 2.21. The van der Waals surface area contributed by atoms with Gasteiger partial charge in [0.25, 0.3) is 0 Å². The monoisotopic (exact) mass is 140 g/mol. The molecule has 0 aromatic heterocycles. The second kappa shape index (κ2) is 2.38. The number of nitrogens with zero attached hydrogens (tertiary/aromatic N) is 2. The van der Waals surface area contributed by atoms with Gasteiger partial charge in [0.2, 0.25) is 0 Å². The lowest BCUT2D eigenvalue weighted by Gasteiger charge is -1.92. The zero-order valence-corrected chi connectivity index (χ0v) is 5.20. The van der Waals surface area contributed by atoms with Crippen LogP contribution >= 0.6 is 0 Å². The molecule has 0 aromatic carbocycles. The Morgan fingerprint density at radius 3 is 2.80 bits per heavy atom. The van der Waals surface area contributed by atoms with E-state index in [2.05, 4.69) is 15.0 Å². The largest absolute Gasteiger partial charge is 0.465 e. The van der Waals surface area contributed by atoms with Crippen molar-refractivity contribution in [2.24, 2.45) is 10.2 Å². The lowest BCUT2D eigenvalue weighted by molar-refractivity contribution is -0.137. The fourth-order valence-electron chi connectivity index (χ4n) is 0.498. The molecule has 5 nitrogen and oxygen atoms in total. The topological polar surface area (TPSA) is 68.1 Å². The quantitative estimate of drug-likeness (QED) is 0.381. The van der Waals surface area contributed by atoms with Crippen LogP contribution in [0.3, 0.4) is 0 Å². The highest BCUT2D eigenvalue weighted by molar-refractivity contribution is 6.17. The average molecular weight is 140 g/mol. The van der Waals surface area contributed by atoms with Gasteiger partial charge >= 0.3 is 11.9 Å². The lowest BCUT2D eigenvalue weighted by Crippen LogP contribution is -2.09. The van der Waals surface area contributed by atoms with E-state index in [9.17, 15) is 9.59 Å². The van der Waals surface area contributed by atoms with Crippen LogP contribution < -0.4 is 0 Å². The minimum absolute atomic E-state index is 0.123. The van der Waals surface area contributed by atoms with Crippen molar-refractivity contribution in [2.45, 2.75) is 0 Å². The standard InChI is InChI=1S/C5H4N2O3/c1-10-5(9)3-2-6-7-4(3)8/h2H,1H3. The Morgan fingerprint density at radius 2 is 2.40 bits per heavy atom. The maximum absolute atomic E-state index is 10.6. The van der Waals surface area contributed by atoms with Crippen molar-refractivity contribution in [3.63, 3.8) is 0 Å². The molecule has 0 aromatic rings. The molecule has 1 heterocycles. The maximum atomic E-state index is 10.6. The Hall–Kier alpha value is -1.52. The first-order chi connectivity index (χ1) is 4.75. The number of azo groups is 1. The summed E-state index contributed by atoms with van der Waals surface area (Å²) in [6, 6.07) is 0. The van der Waals surface area contributed by atoms with Crippen molar-refractivity contribution in [2.75, 3.05) is 7.11 Å². The van der Waals surface area contributed by atoms with Crippen LogP contribution in [0, 0.1) is 0 Å². The third-order valence-electron chi connectivity index (χ3n) is 0.971. The van der Waals surface area contributed by atoms with Crippen LogP contribution in [0.25, 0.3) is 0 Å². The van der Waals surface area contributed by atoms with E-state index in [-0.39, 0.29) is 5.57 Å². The van der Waals surface area contributed by atoms with Crippen LogP contribution in [-0.4, -0.2) is 19.0 Å². The number of carbonyl (C=O) groups excluding carboxylic acids is 2. The van der Waals surface area contributed by atoms with E-state index in [1.54, 1.807) is 0 Å². The van der Waals surface area contributed by atoms with Crippen LogP contribution in [0.1, 0.15) is 0 Å². The van der Waals surface area contributed by atoms with Crippen molar-refractivity contribution >= 4 is 11.9 Å². The predicted octanol–water partition coefficient (Wildman–Crippen LogP) is 0.0357. The molecule has 52 valence electrons. The van der Waals surface area contributed by atoms with Gasteiger partial charge in [-0.25, -0.2) is 4.79 Å². The van der Waals surface area contributed by atoms with Crippen molar-refractivity contribution in [3.8, 4) is 0 Å². The second-order valence-electron chi connectivity index (χ2n) is 1.55. The number of ether oxygens (including phenoxy) is 1. The normalized spacial score (nSPS) is 15.3. The molecule has 0 saturated heterocycles. The highest BCUT2D eigenvalue weighted by Crippen LogP contribution is 2.07. The van der Waals surface area contributed by atoms with Gasteiger partial charge in [-0.1, -0.05) is 0 Å². The van der Waals surface area contributed by atoms with Crippen LogP contribution in [0.4, 0.5) is 0 Å². The van der Waals surface area contributed by atoms with Gasteiger partial charge in [-0.3, -0.25) is 4.79 Å². The Labute approximate surface area is 56.4 Å². The molecule has 1 amide bonds. The molecule has 5 heteroatoms. The minimum atomic E-state index is -0.699. The average Bonchev–Trinajstić information content (AvgIpc) is 2.34. The van der Waals surface area contributed by atoms with Crippen LogP contribution in [0.2, 0.25) is 0 Å². The summed E-state index contributed by atoms with van der Waals surface area (Å²) in [5.74, 6) is -1.35. The molecule has 0 saturated carbocycles. The van der Waals surface area contributed by atoms with Gasteiger partial charge < -0.3 is 4.74 Å². The van der Waals surface area contributed by atoms with E-state index in [0.29, 0.717) is 0 Å². The Balaban J connectivity index is 2.77. The number of esters is 1. The number of amides is 1. The van der Waals surface area contributed by atoms with Crippen LogP contribution in [-0.2, 0) is 14.3 Å². The van der Waals surface area contributed by atoms with Gasteiger partial charge in [0.1, 0.15) is 5.57 Å². The third-order valence-corrected chi connectivity index (χ3v) is 0.971. The second-order valence-corrected chi connectivity index (χ2v) is 1.55. The highest BCUT2D eigenvalue weighted by atomic mass is 16.5. The van der Waals surface area contributed by atoms with Gasteiger partial charge in [0.15, 0.2) is 0 Å². The molecule has 0 spiro atoms. The molecule has 0 N–H and O–H groups in total. The molecule has 0 atom stereocenters. The first kappa shape index (κ1) is 6.60. The van der Waals surface area contributed by atoms with Gasteiger partial charge in [-0.15, -0.1) is 5.11 Å². The fraction of sp³-hybridized carbons (Fsp3) is 0.200. The van der Waals surface area contributed by atoms with Crippen LogP contribution in [0.15, 0.2) is 22.0 Å². The number of hydrogen-bond donors (Lipinski definition) is 0. The Morgan fingerprint density at radius 1 is 1.70 bits per heavy atom. The van der Waals surface area contributed by atoms with Crippen molar-refractivity contribution in [1.29, 1.82) is 0 Å². The number of methoxy groups -OCH3 is 1. The first-order valence-electron chi connectivity index (χ1n) is 2.49. The molecule has 0 radical (unpaired) electrons. The molecule has 0 fully saturated rings. The van der Waals surface area contributed by atoms with Gasteiger partial charge in [-0.05, 0) is 0 Å². The maximum Gasteiger partial charge on any atom is 0.345 e. The van der Waals surface area contributed by atoms with Crippen molar-refractivity contribution in [3.05, 3.63) is 11.8 Å². The SMILES string of the molecule is COC(=O)C1=CN=NC1=O. The van der Waals surface area contributed by atoms with Gasteiger partial charge in [-0.2, -0.15) is 5.11 Å². The molecule has 1 rings (SSSR count). The Bertz CT molecular complexity index is 241. The summed E-state index contributed by atoms with van der Waals surface area (Å²) in [6.45, 7) is 0. The summed E-state index contributed by atoms with van der Waals surface area (Å²) in [5, 5.41) is 6.31. The smallest absolute Gasteiger partial charge is 0.345 e. The predicted molar refractivity (Wildman–Crippen MR) is 30.0 cm³/mol. The molecular weight excluding hydrogens is 136 g/mol. The molecule has 0 bridgehead atoms. The van der Waals surface area contributed by atoms with Crippen LogP contribution in [0.5, 0.6) is 0 Å². The number of rotatable bonds is 1.